The molecular weight excluding hydrogens is 360 g/mol. The highest BCUT2D eigenvalue weighted by atomic mass is 32.2. The summed E-state index contributed by atoms with van der Waals surface area (Å²) in [5.41, 5.74) is 7.60. The van der Waals surface area contributed by atoms with E-state index in [4.69, 9.17) is 5.73 Å². The van der Waals surface area contributed by atoms with E-state index in [2.05, 4.69) is 15.3 Å². The summed E-state index contributed by atoms with van der Waals surface area (Å²) in [6.45, 7) is 0. The summed E-state index contributed by atoms with van der Waals surface area (Å²) in [6, 6.07) is 20.4. The highest BCUT2D eigenvalue weighted by molar-refractivity contribution is 7.91. The van der Waals surface area contributed by atoms with Crippen LogP contribution in [0.4, 0.5) is 17.2 Å². The average molecular weight is 376 g/mol. The minimum absolute atomic E-state index is 0.173. The van der Waals surface area contributed by atoms with Gasteiger partial charge in [0, 0.05) is 11.1 Å². The van der Waals surface area contributed by atoms with E-state index in [9.17, 15) is 8.42 Å². The zero-order valence-corrected chi connectivity index (χ0v) is 15.0. The van der Waals surface area contributed by atoms with Crippen LogP contribution in [0.2, 0.25) is 0 Å². The van der Waals surface area contributed by atoms with Gasteiger partial charge in [-0.1, -0.05) is 30.3 Å². The Kier molecular flexibility index (Phi) is 4.21. The molecule has 0 spiro atoms. The van der Waals surface area contributed by atoms with Crippen LogP contribution in [0.15, 0.2) is 88.9 Å². The summed E-state index contributed by atoms with van der Waals surface area (Å²) < 4.78 is 26.1. The van der Waals surface area contributed by atoms with Gasteiger partial charge in [-0.15, -0.1) is 0 Å². The molecule has 0 fully saturated rings. The Labute approximate surface area is 156 Å². The molecule has 0 aliphatic carbocycles. The zero-order chi connectivity index (χ0) is 18.9. The first-order valence-corrected chi connectivity index (χ1v) is 9.70. The topological polar surface area (TPSA) is 98.0 Å². The largest absolute Gasteiger partial charge is 0.399 e. The van der Waals surface area contributed by atoms with Crippen molar-refractivity contribution in [2.75, 3.05) is 11.1 Å². The summed E-state index contributed by atoms with van der Waals surface area (Å²) in [5, 5.41) is 3.85. The first kappa shape index (κ1) is 17.0. The van der Waals surface area contributed by atoms with Crippen LogP contribution in [0.1, 0.15) is 0 Å². The van der Waals surface area contributed by atoms with Crippen molar-refractivity contribution in [3.05, 3.63) is 79.1 Å². The predicted octanol–water partition coefficient (Wildman–Crippen LogP) is 3.79. The van der Waals surface area contributed by atoms with Crippen molar-refractivity contribution in [1.82, 2.24) is 9.97 Å². The van der Waals surface area contributed by atoms with Gasteiger partial charge in [0.25, 0.3) is 0 Å². The molecule has 0 bridgehead atoms. The minimum Gasteiger partial charge on any atom is -0.399 e. The molecule has 3 N–H and O–H groups in total. The van der Waals surface area contributed by atoms with Gasteiger partial charge in [0.1, 0.15) is 12.1 Å². The number of nitrogens with two attached hydrogens (primary N) is 1. The number of nitrogens with zero attached hydrogens (tertiary/aromatic N) is 2. The number of hydrogen-bond acceptors (Lipinski definition) is 6. The Morgan fingerprint density at radius 3 is 2.41 bits per heavy atom. The van der Waals surface area contributed by atoms with Crippen molar-refractivity contribution in [3.63, 3.8) is 0 Å². The molecular formula is C20H16N4O2S. The summed E-state index contributed by atoms with van der Waals surface area (Å²) in [7, 11) is -3.68. The van der Waals surface area contributed by atoms with Crippen molar-refractivity contribution >= 4 is 37.9 Å². The van der Waals surface area contributed by atoms with E-state index >= 15 is 0 Å². The van der Waals surface area contributed by atoms with Gasteiger partial charge >= 0.3 is 0 Å². The first-order valence-electron chi connectivity index (χ1n) is 8.22. The number of sulfone groups is 1. The van der Waals surface area contributed by atoms with Gasteiger partial charge in [-0.3, -0.25) is 0 Å². The second kappa shape index (κ2) is 6.69. The molecule has 6 nitrogen and oxygen atoms in total. The number of hydrogen-bond donors (Lipinski definition) is 2. The number of aromatic nitrogens is 2. The molecule has 0 aliphatic heterocycles. The Morgan fingerprint density at radius 1 is 0.852 bits per heavy atom. The Morgan fingerprint density at radius 2 is 1.59 bits per heavy atom. The van der Waals surface area contributed by atoms with Gasteiger partial charge in [0.15, 0.2) is 0 Å². The van der Waals surface area contributed by atoms with Crippen molar-refractivity contribution in [2.24, 2.45) is 0 Å². The van der Waals surface area contributed by atoms with E-state index in [0.717, 1.165) is 0 Å². The Bertz CT molecular complexity index is 1230. The van der Waals surface area contributed by atoms with Crippen molar-refractivity contribution < 1.29 is 8.42 Å². The lowest BCUT2D eigenvalue weighted by molar-refractivity contribution is 0.596. The molecule has 7 heteroatoms. The molecule has 0 unspecified atom stereocenters. The number of fused-ring (bicyclic) bond motifs is 1. The van der Waals surface area contributed by atoms with E-state index < -0.39 is 9.84 Å². The maximum atomic E-state index is 13.1. The standard InChI is InChI=1S/C20H16N4O2S/c21-14-10-11-17-16(12-14)20(23-13-22-17)24-18-8-4-5-9-19(18)27(25,26)15-6-2-1-3-7-15/h1-13H,21H2,(H,22,23,24). The summed E-state index contributed by atoms with van der Waals surface area (Å²) in [5.74, 6) is 0.489. The third-order valence-corrected chi connectivity index (χ3v) is 5.97. The normalized spacial score (nSPS) is 11.4. The van der Waals surface area contributed by atoms with Gasteiger partial charge in [-0.2, -0.15) is 0 Å². The molecule has 0 amide bonds. The van der Waals surface area contributed by atoms with Crippen LogP contribution in [0.25, 0.3) is 10.9 Å². The van der Waals surface area contributed by atoms with Crippen LogP contribution in [-0.4, -0.2) is 18.4 Å². The first-order chi connectivity index (χ1) is 13.1. The number of nitrogen functional groups attached to an aromatic ring is 1. The van der Waals surface area contributed by atoms with Crippen LogP contribution < -0.4 is 11.1 Å². The van der Waals surface area contributed by atoms with Crippen molar-refractivity contribution in [2.45, 2.75) is 9.79 Å². The number of benzene rings is 3. The van der Waals surface area contributed by atoms with Gasteiger partial charge in [0.05, 0.1) is 21.0 Å². The lowest BCUT2D eigenvalue weighted by Crippen LogP contribution is -2.06. The number of nitrogens with one attached hydrogen (secondary N) is 1. The fraction of sp³-hybridized carbons (Fsp3) is 0. The highest BCUT2D eigenvalue weighted by Crippen LogP contribution is 2.31. The lowest BCUT2D eigenvalue weighted by Gasteiger charge is -2.13. The lowest BCUT2D eigenvalue weighted by atomic mass is 10.2. The molecule has 4 aromatic rings. The summed E-state index contributed by atoms with van der Waals surface area (Å²) >= 11 is 0. The van der Waals surface area contributed by atoms with Crippen molar-refractivity contribution in [3.8, 4) is 0 Å². The van der Waals surface area contributed by atoms with E-state index in [1.54, 1.807) is 72.8 Å². The predicted molar refractivity (Wildman–Crippen MR) is 106 cm³/mol. The molecule has 0 atom stereocenters. The van der Waals surface area contributed by atoms with Crippen LogP contribution in [-0.2, 0) is 9.84 Å². The monoisotopic (exact) mass is 376 g/mol. The quantitative estimate of drug-likeness (QED) is 0.526. The molecule has 27 heavy (non-hydrogen) atoms. The van der Waals surface area contributed by atoms with Crippen LogP contribution in [0.3, 0.4) is 0 Å². The van der Waals surface area contributed by atoms with Crippen LogP contribution in [0, 0.1) is 0 Å². The molecule has 0 aliphatic rings. The number of anilines is 3. The number of para-hydroxylation sites is 1. The molecule has 0 saturated heterocycles. The minimum atomic E-state index is -3.68. The summed E-state index contributed by atoms with van der Waals surface area (Å²) in [6.07, 6.45) is 1.43. The smallest absolute Gasteiger partial charge is 0.208 e. The van der Waals surface area contributed by atoms with Gasteiger partial charge in [0.2, 0.25) is 9.84 Å². The average Bonchev–Trinajstić information content (AvgIpc) is 2.69. The molecule has 0 radical (unpaired) electrons. The molecule has 4 rings (SSSR count). The molecule has 1 heterocycles. The van der Waals surface area contributed by atoms with Crippen LogP contribution in [0.5, 0.6) is 0 Å². The number of rotatable bonds is 4. The fourth-order valence-corrected chi connectivity index (χ4v) is 4.27. The van der Waals surface area contributed by atoms with E-state index in [-0.39, 0.29) is 9.79 Å². The van der Waals surface area contributed by atoms with Gasteiger partial charge in [-0.05, 0) is 42.5 Å². The zero-order valence-electron chi connectivity index (χ0n) is 14.2. The highest BCUT2D eigenvalue weighted by Gasteiger charge is 2.21. The van der Waals surface area contributed by atoms with E-state index in [0.29, 0.717) is 28.1 Å². The Balaban J connectivity index is 1.83. The molecule has 3 aromatic carbocycles. The van der Waals surface area contributed by atoms with Gasteiger partial charge in [-0.25, -0.2) is 18.4 Å². The fourth-order valence-electron chi connectivity index (χ4n) is 2.83. The SMILES string of the molecule is Nc1ccc2ncnc(Nc3ccccc3S(=O)(=O)c3ccccc3)c2c1. The second-order valence-corrected chi connectivity index (χ2v) is 7.85. The van der Waals surface area contributed by atoms with E-state index in [1.165, 1.54) is 6.33 Å². The Hall–Kier alpha value is -3.45. The molecule has 134 valence electrons. The van der Waals surface area contributed by atoms with Gasteiger partial charge < -0.3 is 11.1 Å². The molecule has 0 saturated carbocycles. The molecule has 1 aromatic heterocycles. The van der Waals surface area contributed by atoms with Crippen LogP contribution >= 0.6 is 0 Å². The van der Waals surface area contributed by atoms with E-state index in [1.807, 2.05) is 0 Å². The maximum Gasteiger partial charge on any atom is 0.208 e. The third kappa shape index (κ3) is 3.20. The summed E-state index contributed by atoms with van der Waals surface area (Å²) in [4.78, 5) is 8.89. The second-order valence-electron chi connectivity index (χ2n) is 5.94. The maximum absolute atomic E-state index is 13.1. The van der Waals surface area contributed by atoms with Crippen molar-refractivity contribution in [1.29, 1.82) is 0 Å². The third-order valence-electron chi connectivity index (χ3n) is 4.14.